The van der Waals surface area contributed by atoms with Crippen molar-refractivity contribution in [1.82, 2.24) is 10.3 Å². The van der Waals surface area contributed by atoms with Gasteiger partial charge in [0.2, 0.25) is 0 Å². The molecular weight excluding hydrogens is 287 g/mol. The number of nitrogens with one attached hydrogen (secondary N) is 1. The lowest BCUT2D eigenvalue weighted by Crippen LogP contribution is -2.25. The molecule has 0 saturated heterocycles. The van der Waals surface area contributed by atoms with E-state index in [1.165, 1.54) is 6.07 Å². The molecule has 0 aliphatic heterocycles. The van der Waals surface area contributed by atoms with Crippen LogP contribution < -0.4 is 5.32 Å². The minimum absolute atomic E-state index is 0.0316. The summed E-state index contributed by atoms with van der Waals surface area (Å²) in [5.41, 5.74) is 2.73. The number of benzene rings is 1. The van der Waals surface area contributed by atoms with E-state index in [4.69, 9.17) is 11.6 Å². The van der Waals surface area contributed by atoms with Gasteiger partial charge in [-0.15, -0.1) is 0 Å². The molecule has 1 atom stereocenters. The Morgan fingerprint density at radius 1 is 1.24 bits per heavy atom. The van der Waals surface area contributed by atoms with Crippen LogP contribution in [-0.2, 0) is 6.42 Å². The first-order chi connectivity index (χ1) is 10.1. The molecule has 1 aromatic carbocycles. The molecule has 0 radical (unpaired) electrons. The Morgan fingerprint density at radius 3 is 2.71 bits per heavy atom. The van der Waals surface area contributed by atoms with E-state index in [0.717, 1.165) is 29.9 Å². The number of aromatic nitrogens is 1. The summed E-state index contributed by atoms with van der Waals surface area (Å²) in [5, 5.41) is 3.67. The van der Waals surface area contributed by atoms with Gasteiger partial charge >= 0.3 is 0 Å². The van der Waals surface area contributed by atoms with Crippen LogP contribution in [0.2, 0.25) is 5.02 Å². The lowest BCUT2D eigenvalue weighted by Gasteiger charge is -2.19. The Labute approximate surface area is 130 Å². The summed E-state index contributed by atoms with van der Waals surface area (Å²) in [6.07, 6.45) is 1.65. The van der Waals surface area contributed by atoms with Crippen molar-refractivity contribution in [3.63, 3.8) is 0 Å². The molecule has 2 rings (SSSR count). The Kier molecular flexibility index (Phi) is 5.71. The zero-order valence-electron chi connectivity index (χ0n) is 12.4. The second kappa shape index (κ2) is 7.53. The monoisotopic (exact) mass is 306 g/mol. The number of nitrogens with zero attached hydrogens (tertiary/aromatic N) is 1. The van der Waals surface area contributed by atoms with Crippen molar-refractivity contribution >= 4 is 11.6 Å². The molecule has 0 aliphatic rings. The SMILES string of the molecule is CCCNC(Cc1cccc(F)c1Cl)c1cccc(C)n1. The van der Waals surface area contributed by atoms with Crippen molar-refractivity contribution in [3.05, 3.63) is 64.2 Å². The number of halogens is 2. The topological polar surface area (TPSA) is 24.9 Å². The smallest absolute Gasteiger partial charge is 0.142 e. The van der Waals surface area contributed by atoms with E-state index in [-0.39, 0.29) is 16.9 Å². The van der Waals surface area contributed by atoms with Crippen LogP contribution in [0.5, 0.6) is 0 Å². The Bertz CT molecular complexity index is 601. The van der Waals surface area contributed by atoms with E-state index in [2.05, 4.69) is 17.2 Å². The molecule has 21 heavy (non-hydrogen) atoms. The maximum Gasteiger partial charge on any atom is 0.142 e. The highest BCUT2D eigenvalue weighted by Gasteiger charge is 2.16. The van der Waals surface area contributed by atoms with Crippen LogP contribution in [0, 0.1) is 12.7 Å². The van der Waals surface area contributed by atoms with Crippen molar-refractivity contribution in [3.8, 4) is 0 Å². The van der Waals surface area contributed by atoms with Crippen LogP contribution in [0.15, 0.2) is 36.4 Å². The lowest BCUT2D eigenvalue weighted by atomic mass is 10.0. The molecule has 112 valence electrons. The molecule has 0 aliphatic carbocycles. The molecule has 0 spiro atoms. The van der Waals surface area contributed by atoms with E-state index in [1.807, 2.05) is 31.2 Å². The molecule has 1 aromatic heterocycles. The van der Waals surface area contributed by atoms with Gasteiger partial charge in [0, 0.05) is 5.69 Å². The fraction of sp³-hybridized carbons (Fsp3) is 0.353. The molecule has 0 amide bonds. The van der Waals surface area contributed by atoms with E-state index in [9.17, 15) is 4.39 Å². The molecule has 1 unspecified atom stereocenters. The highest BCUT2D eigenvalue weighted by molar-refractivity contribution is 6.31. The van der Waals surface area contributed by atoms with Gasteiger partial charge in [-0.1, -0.05) is 36.7 Å². The second-order valence-corrected chi connectivity index (χ2v) is 5.51. The molecule has 4 heteroatoms. The zero-order valence-corrected chi connectivity index (χ0v) is 13.1. The summed E-state index contributed by atoms with van der Waals surface area (Å²) < 4.78 is 13.6. The van der Waals surface area contributed by atoms with Crippen LogP contribution >= 0.6 is 11.6 Å². The third kappa shape index (κ3) is 4.26. The fourth-order valence-electron chi connectivity index (χ4n) is 2.28. The minimum atomic E-state index is -0.374. The van der Waals surface area contributed by atoms with Crippen molar-refractivity contribution in [2.75, 3.05) is 6.54 Å². The van der Waals surface area contributed by atoms with Gasteiger partial charge in [-0.2, -0.15) is 0 Å². The third-order valence-electron chi connectivity index (χ3n) is 3.36. The van der Waals surface area contributed by atoms with Gasteiger partial charge < -0.3 is 5.32 Å². The van der Waals surface area contributed by atoms with E-state index < -0.39 is 0 Å². The van der Waals surface area contributed by atoms with E-state index in [1.54, 1.807) is 6.07 Å². The minimum Gasteiger partial charge on any atom is -0.308 e. The number of rotatable bonds is 6. The first kappa shape index (κ1) is 15.9. The summed E-state index contributed by atoms with van der Waals surface area (Å²) in [5.74, 6) is -0.374. The molecule has 2 aromatic rings. The van der Waals surface area contributed by atoms with Crippen LogP contribution in [0.1, 0.15) is 36.3 Å². The number of hydrogen-bond donors (Lipinski definition) is 1. The first-order valence-electron chi connectivity index (χ1n) is 7.21. The molecule has 1 N–H and O–H groups in total. The van der Waals surface area contributed by atoms with Crippen LogP contribution in [0.25, 0.3) is 0 Å². The summed E-state index contributed by atoms with van der Waals surface area (Å²) in [7, 11) is 0. The zero-order chi connectivity index (χ0) is 15.2. The van der Waals surface area contributed by atoms with Crippen molar-refractivity contribution in [2.24, 2.45) is 0 Å². The quantitative estimate of drug-likeness (QED) is 0.852. The van der Waals surface area contributed by atoms with Crippen LogP contribution in [0.4, 0.5) is 4.39 Å². The summed E-state index contributed by atoms with van der Waals surface area (Å²) in [6, 6.07) is 10.9. The van der Waals surface area contributed by atoms with Gasteiger partial charge in [0.15, 0.2) is 0 Å². The largest absolute Gasteiger partial charge is 0.308 e. The van der Waals surface area contributed by atoms with E-state index >= 15 is 0 Å². The predicted molar refractivity (Wildman–Crippen MR) is 85.1 cm³/mol. The predicted octanol–water partition coefficient (Wildman–Crippen LogP) is 4.47. The fourth-order valence-corrected chi connectivity index (χ4v) is 2.49. The molecular formula is C17H20ClFN2. The maximum atomic E-state index is 13.6. The average Bonchev–Trinajstić information content (AvgIpc) is 2.47. The molecule has 0 saturated carbocycles. The molecule has 1 heterocycles. The summed E-state index contributed by atoms with van der Waals surface area (Å²) in [6.45, 7) is 4.96. The highest BCUT2D eigenvalue weighted by atomic mass is 35.5. The van der Waals surface area contributed by atoms with Crippen LogP contribution in [0.3, 0.4) is 0 Å². The van der Waals surface area contributed by atoms with Gasteiger partial charge in [-0.25, -0.2) is 4.39 Å². The molecule has 2 nitrogen and oxygen atoms in total. The maximum absolute atomic E-state index is 13.6. The third-order valence-corrected chi connectivity index (χ3v) is 3.79. The van der Waals surface area contributed by atoms with Gasteiger partial charge in [0.1, 0.15) is 5.82 Å². The molecule has 0 bridgehead atoms. The van der Waals surface area contributed by atoms with Gasteiger partial charge in [-0.3, -0.25) is 4.98 Å². The van der Waals surface area contributed by atoms with Crippen LogP contribution in [-0.4, -0.2) is 11.5 Å². The Morgan fingerprint density at radius 2 is 2.00 bits per heavy atom. The number of aryl methyl sites for hydroxylation is 1. The van der Waals surface area contributed by atoms with Crippen molar-refractivity contribution in [1.29, 1.82) is 0 Å². The normalized spacial score (nSPS) is 12.4. The second-order valence-electron chi connectivity index (χ2n) is 5.13. The Hall–Kier alpha value is -1.45. The molecule has 0 fully saturated rings. The summed E-state index contributed by atoms with van der Waals surface area (Å²) in [4.78, 5) is 4.58. The summed E-state index contributed by atoms with van der Waals surface area (Å²) >= 11 is 6.07. The number of hydrogen-bond acceptors (Lipinski definition) is 2. The van der Waals surface area contributed by atoms with E-state index in [0.29, 0.717) is 6.42 Å². The first-order valence-corrected chi connectivity index (χ1v) is 7.59. The van der Waals surface area contributed by atoms with Gasteiger partial charge in [0.05, 0.1) is 16.8 Å². The average molecular weight is 307 g/mol. The number of pyridine rings is 1. The van der Waals surface area contributed by atoms with Crippen molar-refractivity contribution < 1.29 is 4.39 Å². The Balaban J connectivity index is 2.26. The standard InChI is InChI=1S/C17H20ClFN2/c1-3-10-20-16(15-9-4-6-12(2)21-15)11-13-7-5-8-14(19)17(13)18/h4-9,16,20H,3,10-11H2,1-2H3. The van der Waals surface area contributed by atoms with Gasteiger partial charge in [0.25, 0.3) is 0 Å². The lowest BCUT2D eigenvalue weighted by molar-refractivity contribution is 0.515. The van der Waals surface area contributed by atoms with Gasteiger partial charge in [-0.05, 0) is 50.1 Å². The highest BCUT2D eigenvalue weighted by Crippen LogP contribution is 2.25. The van der Waals surface area contributed by atoms with Crippen molar-refractivity contribution in [2.45, 2.75) is 32.7 Å².